The molecule has 0 saturated heterocycles. The minimum atomic E-state index is 0.187. The highest BCUT2D eigenvalue weighted by Gasteiger charge is 2.08. The normalized spacial score (nSPS) is 10.5. The van der Waals surface area contributed by atoms with Crippen molar-refractivity contribution >= 4 is 50.6 Å². The fourth-order valence-electron chi connectivity index (χ4n) is 1.37. The van der Waals surface area contributed by atoms with E-state index in [1.54, 1.807) is 17.4 Å². The Balaban J connectivity index is 2.16. The first-order valence-corrected chi connectivity index (χ1v) is 6.79. The molecule has 0 spiro atoms. The van der Waals surface area contributed by atoms with Gasteiger partial charge in [-0.25, -0.2) is 4.98 Å². The van der Waals surface area contributed by atoms with Crippen molar-refractivity contribution in [3.05, 3.63) is 32.0 Å². The van der Waals surface area contributed by atoms with Crippen LogP contribution in [0, 0.1) is 0 Å². The van der Waals surface area contributed by atoms with Crippen LogP contribution in [-0.2, 0) is 6.54 Å². The number of anilines is 2. The number of nitrogens with zero attached hydrogens (tertiary/aromatic N) is 3. The van der Waals surface area contributed by atoms with Gasteiger partial charge in [-0.05, 0) is 28.1 Å². The molecule has 2 aromatic rings. The first-order chi connectivity index (χ1) is 8.04. The number of nitrogens with two attached hydrogens (primary N) is 1. The average Bonchev–Trinajstić information content (AvgIpc) is 2.62. The van der Waals surface area contributed by atoms with Gasteiger partial charge in [-0.15, -0.1) is 11.3 Å². The van der Waals surface area contributed by atoms with E-state index in [-0.39, 0.29) is 5.95 Å². The number of thiophene rings is 1. The lowest BCUT2D eigenvalue weighted by atomic mass is 10.4. The van der Waals surface area contributed by atoms with Crippen LogP contribution in [-0.4, -0.2) is 17.0 Å². The third-order valence-corrected chi connectivity index (χ3v) is 3.91. The zero-order valence-corrected chi connectivity index (χ0v) is 12.2. The molecule has 0 aliphatic heterocycles. The van der Waals surface area contributed by atoms with Crippen molar-refractivity contribution in [1.29, 1.82) is 0 Å². The van der Waals surface area contributed by atoms with Crippen LogP contribution in [0.2, 0.25) is 5.15 Å². The summed E-state index contributed by atoms with van der Waals surface area (Å²) in [7, 11) is 1.94. The molecule has 0 amide bonds. The van der Waals surface area contributed by atoms with Crippen LogP contribution in [0.1, 0.15) is 4.88 Å². The van der Waals surface area contributed by atoms with E-state index in [1.165, 1.54) is 4.88 Å². The Labute approximate surface area is 117 Å². The standard InChI is InChI=1S/C10H10BrClN4S/c1-16(5-6-2-3-7(11)17-6)9-4-8(12)14-10(13)15-9/h2-4H,5H2,1H3,(H2,13,14,15). The fraction of sp³-hybridized carbons (Fsp3) is 0.200. The summed E-state index contributed by atoms with van der Waals surface area (Å²) in [5.41, 5.74) is 5.56. The van der Waals surface area contributed by atoms with Crippen molar-refractivity contribution in [3.63, 3.8) is 0 Å². The number of halogens is 2. The predicted molar refractivity (Wildman–Crippen MR) is 75.6 cm³/mol. The number of aromatic nitrogens is 2. The van der Waals surface area contributed by atoms with E-state index < -0.39 is 0 Å². The van der Waals surface area contributed by atoms with E-state index in [9.17, 15) is 0 Å². The Morgan fingerprint density at radius 3 is 2.82 bits per heavy atom. The SMILES string of the molecule is CN(Cc1ccc(Br)s1)c1cc(Cl)nc(N)n1. The summed E-state index contributed by atoms with van der Waals surface area (Å²) in [5, 5.41) is 0.353. The monoisotopic (exact) mass is 332 g/mol. The quantitative estimate of drug-likeness (QED) is 0.877. The summed E-state index contributed by atoms with van der Waals surface area (Å²) in [6, 6.07) is 5.78. The molecule has 0 fully saturated rings. The van der Waals surface area contributed by atoms with Crippen molar-refractivity contribution in [1.82, 2.24) is 9.97 Å². The number of nitrogen functional groups attached to an aromatic ring is 1. The van der Waals surface area contributed by atoms with Crippen molar-refractivity contribution in [3.8, 4) is 0 Å². The van der Waals surface area contributed by atoms with E-state index in [0.29, 0.717) is 11.0 Å². The van der Waals surface area contributed by atoms with Crippen molar-refractivity contribution in [2.24, 2.45) is 0 Å². The molecule has 0 bridgehead atoms. The van der Waals surface area contributed by atoms with Gasteiger partial charge >= 0.3 is 0 Å². The lowest BCUT2D eigenvalue weighted by Crippen LogP contribution is -2.17. The number of hydrogen-bond donors (Lipinski definition) is 1. The van der Waals surface area contributed by atoms with Gasteiger partial charge in [0.2, 0.25) is 5.95 Å². The molecule has 0 unspecified atom stereocenters. The minimum Gasteiger partial charge on any atom is -0.368 e. The third kappa shape index (κ3) is 3.31. The summed E-state index contributed by atoms with van der Waals surface area (Å²) in [5.74, 6) is 0.902. The summed E-state index contributed by atoms with van der Waals surface area (Å²) in [4.78, 5) is 11.2. The average molecular weight is 334 g/mol. The second-order valence-corrected chi connectivity index (χ2v) is 6.40. The van der Waals surface area contributed by atoms with Gasteiger partial charge in [-0.1, -0.05) is 11.6 Å². The van der Waals surface area contributed by atoms with Gasteiger partial charge in [0.15, 0.2) is 0 Å². The van der Waals surface area contributed by atoms with Crippen molar-refractivity contribution in [2.45, 2.75) is 6.54 Å². The maximum absolute atomic E-state index is 5.84. The Morgan fingerprint density at radius 1 is 1.47 bits per heavy atom. The molecule has 0 atom stereocenters. The second-order valence-electron chi connectivity index (χ2n) is 3.47. The lowest BCUT2D eigenvalue weighted by Gasteiger charge is -2.17. The fourth-order valence-corrected chi connectivity index (χ4v) is 3.09. The third-order valence-electron chi connectivity index (χ3n) is 2.11. The first kappa shape index (κ1) is 12.6. The van der Waals surface area contributed by atoms with E-state index >= 15 is 0 Å². The van der Waals surface area contributed by atoms with Crippen molar-refractivity contribution in [2.75, 3.05) is 17.7 Å². The molecule has 2 heterocycles. The Kier molecular flexibility index (Phi) is 3.86. The van der Waals surface area contributed by atoms with Gasteiger partial charge in [0.25, 0.3) is 0 Å². The molecule has 2 N–H and O–H groups in total. The lowest BCUT2D eigenvalue weighted by molar-refractivity contribution is 0.907. The molecular formula is C10H10BrClN4S. The Hall–Kier alpha value is -0.850. The van der Waals surface area contributed by atoms with Crippen molar-refractivity contribution < 1.29 is 0 Å². The van der Waals surface area contributed by atoms with E-state index in [0.717, 1.165) is 10.3 Å². The highest BCUT2D eigenvalue weighted by Crippen LogP contribution is 2.25. The molecule has 4 nitrogen and oxygen atoms in total. The molecule has 17 heavy (non-hydrogen) atoms. The maximum Gasteiger partial charge on any atom is 0.223 e. The molecule has 0 aliphatic carbocycles. The smallest absolute Gasteiger partial charge is 0.223 e. The Morgan fingerprint density at radius 2 is 2.24 bits per heavy atom. The van der Waals surface area contributed by atoms with Crippen LogP contribution >= 0.6 is 38.9 Å². The molecule has 0 aliphatic rings. The highest BCUT2D eigenvalue weighted by molar-refractivity contribution is 9.11. The largest absolute Gasteiger partial charge is 0.368 e. The van der Waals surface area contributed by atoms with Crippen LogP contribution in [0.15, 0.2) is 22.0 Å². The van der Waals surface area contributed by atoms with Gasteiger partial charge in [0.1, 0.15) is 11.0 Å². The van der Waals surface area contributed by atoms with Gasteiger partial charge in [0, 0.05) is 18.0 Å². The van der Waals surface area contributed by atoms with E-state index in [4.69, 9.17) is 17.3 Å². The van der Waals surface area contributed by atoms with Crippen LogP contribution in [0.25, 0.3) is 0 Å². The van der Waals surface area contributed by atoms with Gasteiger partial charge in [-0.3, -0.25) is 0 Å². The topological polar surface area (TPSA) is 55.0 Å². The summed E-state index contributed by atoms with van der Waals surface area (Å²) < 4.78 is 1.11. The van der Waals surface area contributed by atoms with Crippen LogP contribution < -0.4 is 10.6 Å². The summed E-state index contributed by atoms with van der Waals surface area (Å²) in [6.07, 6.45) is 0. The molecule has 90 valence electrons. The first-order valence-electron chi connectivity index (χ1n) is 4.80. The van der Waals surface area contributed by atoms with Gasteiger partial charge < -0.3 is 10.6 Å². The zero-order chi connectivity index (χ0) is 12.4. The van der Waals surface area contributed by atoms with E-state index in [2.05, 4.69) is 32.0 Å². The molecule has 0 saturated carbocycles. The van der Waals surface area contributed by atoms with Gasteiger partial charge in [0.05, 0.1) is 10.3 Å². The molecule has 0 aromatic carbocycles. The highest BCUT2D eigenvalue weighted by atomic mass is 79.9. The Bertz CT molecular complexity index is 511. The second kappa shape index (κ2) is 5.20. The molecular weight excluding hydrogens is 324 g/mol. The molecule has 2 rings (SSSR count). The zero-order valence-electron chi connectivity index (χ0n) is 9.02. The minimum absolute atomic E-state index is 0.187. The van der Waals surface area contributed by atoms with Crippen LogP contribution in [0.5, 0.6) is 0 Å². The van der Waals surface area contributed by atoms with E-state index in [1.807, 2.05) is 18.0 Å². The maximum atomic E-state index is 5.84. The number of hydrogen-bond acceptors (Lipinski definition) is 5. The summed E-state index contributed by atoms with van der Waals surface area (Å²) >= 11 is 11.0. The van der Waals surface area contributed by atoms with Crippen LogP contribution in [0.4, 0.5) is 11.8 Å². The number of rotatable bonds is 3. The molecule has 7 heteroatoms. The summed E-state index contributed by atoms with van der Waals surface area (Å²) in [6.45, 7) is 0.753. The molecule has 0 radical (unpaired) electrons. The van der Waals surface area contributed by atoms with Crippen LogP contribution in [0.3, 0.4) is 0 Å². The predicted octanol–water partition coefficient (Wildman–Crippen LogP) is 3.17. The molecule has 2 aromatic heterocycles. The van der Waals surface area contributed by atoms with Gasteiger partial charge in [-0.2, -0.15) is 4.98 Å².